The summed E-state index contributed by atoms with van der Waals surface area (Å²) in [6, 6.07) is 1.85. The zero-order valence-corrected chi connectivity index (χ0v) is 13.1. The quantitative estimate of drug-likeness (QED) is 0.551. The first-order valence-electron chi connectivity index (χ1n) is 6.82. The Kier molecular flexibility index (Phi) is 6.07. The van der Waals surface area contributed by atoms with E-state index in [1.54, 1.807) is 13.3 Å². The van der Waals surface area contributed by atoms with Crippen LogP contribution in [0.3, 0.4) is 0 Å². The summed E-state index contributed by atoms with van der Waals surface area (Å²) in [6.45, 7) is 1.72. The Morgan fingerprint density at radius 2 is 2.15 bits per heavy atom. The number of ether oxygens (including phenoxy) is 1. The summed E-state index contributed by atoms with van der Waals surface area (Å²) in [5, 5.41) is 0.611. The fourth-order valence-electron chi connectivity index (χ4n) is 2.24. The van der Waals surface area contributed by atoms with E-state index in [1.807, 2.05) is 6.07 Å². The first-order chi connectivity index (χ1) is 9.76. The molecule has 4 nitrogen and oxygen atoms in total. The van der Waals surface area contributed by atoms with Gasteiger partial charge in [-0.25, -0.2) is 9.97 Å². The van der Waals surface area contributed by atoms with Crippen molar-refractivity contribution >= 4 is 34.4 Å². The van der Waals surface area contributed by atoms with Crippen molar-refractivity contribution in [3.63, 3.8) is 0 Å². The van der Waals surface area contributed by atoms with Crippen LogP contribution in [0, 0.1) is 0 Å². The molecule has 2 aromatic heterocycles. The number of aryl methyl sites for hydroxylation is 2. The number of alkyl halides is 1. The van der Waals surface area contributed by atoms with Crippen molar-refractivity contribution in [2.45, 2.75) is 32.2 Å². The summed E-state index contributed by atoms with van der Waals surface area (Å²) in [7, 11) is 1.73. The van der Waals surface area contributed by atoms with Gasteiger partial charge in [0.2, 0.25) is 0 Å². The number of rotatable bonds is 8. The van der Waals surface area contributed by atoms with E-state index in [2.05, 4.69) is 14.5 Å². The molecule has 0 spiro atoms. The van der Waals surface area contributed by atoms with Crippen LogP contribution in [0.25, 0.3) is 11.2 Å². The molecule has 0 saturated heterocycles. The molecule has 20 heavy (non-hydrogen) atoms. The number of methoxy groups -OCH3 is 1. The van der Waals surface area contributed by atoms with E-state index in [0.29, 0.717) is 10.9 Å². The highest BCUT2D eigenvalue weighted by Gasteiger charge is 2.11. The second-order valence-corrected chi connectivity index (χ2v) is 5.48. The predicted octanol–water partition coefficient (Wildman–Crippen LogP) is 3.68. The molecule has 6 heteroatoms. The fourth-order valence-corrected chi connectivity index (χ4v) is 2.56. The van der Waals surface area contributed by atoms with Crippen molar-refractivity contribution < 1.29 is 4.74 Å². The molecule has 0 N–H and O–H groups in total. The molecule has 0 aliphatic heterocycles. The molecule has 0 bridgehead atoms. The van der Waals surface area contributed by atoms with Crippen molar-refractivity contribution in [3.05, 3.63) is 23.1 Å². The lowest BCUT2D eigenvalue weighted by atomic mass is 10.2. The first-order valence-corrected chi connectivity index (χ1v) is 7.73. The van der Waals surface area contributed by atoms with Crippen LogP contribution in [0.15, 0.2) is 12.3 Å². The van der Waals surface area contributed by atoms with Gasteiger partial charge >= 0.3 is 0 Å². The van der Waals surface area contributed by atoms with Gasteiger partial charge < -0.3 is 9.30 Å². The summed E-state index contributed by atoms with van der Waals surface area (Å²) in [5.41, 5.74) is 1.73. The Balaban J connectivity index is 2.13. The van der Waals surface area contributed by atoms with Gasteiger partial charge in [0.05, 0.1) is 5.02 Å². The fraction of sp³-hybridized carbons (Fsp3) is 0.571. The van der Waals surface area contributed by atoms with Crippen LogP contribution in [-0.4, -0.2) is 34.1 Å². The molecular formula is C14H19Cl2N3O. The number of imidazole rings is 1. The minimum absolute atomic E-state index is 0.556. The van der Waals surface area contributed by atoms with Crippen LogP contribution in [0.5, 0.6) is 0 Å². The Bertz CT molecular complexity index is 557. The molecular weight excluding hydrogens is 297 g/mol. The maximum absolute atomic E-state index is 5.97. The Morgan fingerprint density at radius 3 is 2.90 bits per heavy atom. The van der Waals surface area contributed by atoms with E-state index >= 15 is 0 Å². The van der Waals surface area contributed by atoms with Gasteiger partial charge in [-0.2, -0.15) is 0 Å². The lowest BCUT2D eigenvalue weighted by Crippen LogP contribution is -2.06. The van der Waals surface area contributed by atoms with Gasteiger partial charge in [-0.1, -0.05) is 11.6 Å². The molecule has 0 saturated carbocycles. The molecule has 0 radical (unpaired) electrons. The topological polar surface area (TPSA) is 39.9 Å². The van der Waals surface area contributed by atoms with Crippen LogP contribution in [0.4, 0.5) is 0 Å². The number of halogens is 2. The zero-order valence-electron chi connectivity index (χ0n) is 11.6. The van der Waals surface area contributed by atoms with E-state index in [1.165, 1.54) is 0 Å². The molecule has 110 valence electrons. The molecule has 0 unspecified atom stereocenters. The molecule has 0 aliphatic carbocycles. The highest BCUT2D eigenvalue weighted by molar-refractivity contribution is 6.31. The zero-order chi connectivity index (χ0) is 14.4. The van der Waals surface area contributed by atoms with Crippen LogP contribution >= 0.6 is 23.2 Å². The van der Waals surface area contributed by atoms with E-state index < -0.39 is 0 Å². The first kappa shape index (κ1) is 15.5. The maximum Gasteiger partial charge on any atom is 0.160 e. The van der Waals surface area contributed by atoms with Crippen LogP contribution in [-0.2, 0) is 17.7 Å². The number of unbranched alkanes of at least 4 members (excludes halogenated alkanes) is 2. The number of nitrogens with zero attached hydrogens (tertiary/aromatic N) is 3. The Hall–Kier alpha value is -0.840. The van der Waals surface area contributed by atoms with E-state index in [4.69, 9.17) is 27.9 Å². The highest BCUT2D eigenvalue weighted by atomic mass is 35.5. The molecule has 0 aliphatic rings. The highest BCUT2D eigenvalue weighted by Crippen LogP contribution is 2.19. The van der Waals surface area contributed by atoms with Gasteiger partial charge in [0.15, 0.2) is 5.65 Å². The third-order valence-corrected chi connectivity index (χ3v) is 3.57. The van der Waals surface area contributed by atoms with Crippen LogP contribution in [0.1, 0.15) is 25.1 Å². The third-order valence-electron chi connectivity index (χ3n) is 3.18. The second-order valence-electron chi connectivity index (χ2n) is 4.67. The SMILES string of the molecule is COCCCCCn1c(CCCl)nc2cc(Cl)cnc21. The van der Waals surface area contributed by atoms with Gasteiger partial charge in [0.1, 0.15) is 11.3 Å². The number of pyridine rings is 1. The lowest BCUT2D eigenvalue weighted by Gasteiger charge is -2.07. The van der Waals surface area contributed by atoms with E-state index in [-0.39, 0.29) is 0 Å². The minimum Gasteiger partial charge on any atom is -0.385 e. The van der Waals surface area contributed by atoms with E-state index in [0.717, 1.165) is 55.8 Å². The van der Waals surface area contributed by atoms with Crippen LogP contribution < -0.4 is 0 Å². The monoisotopic (exact) mass is 315 g/mol. The van der Waals surface area contributed by atoms with Crippen molar-refractivity contribution in [1.29, 1.82) is 0 Å². The third kappa shape index (κ3) is 3.84. The standard InChI is InChI=1S/C14H19Cl2N3O/c1-20-8-4-2-3-7-19-13(5-6-15)18-12-9-11(16)10-17-14(12)19/h9-10H,2-8H2,1H3. The molecule has 0 amide bonds. The molecule has 0 fully saturated rings. The summed E-state index contributed by atoms with van der Waals surface area (Å²) in [4.78, 5) is 8.98. The molecule has 0 atom stereocenters. The van der Waals surface area contributed by atoms with Crippen molar-refractivity contribution in [1.82, 2.24) is 14.5 Å². The number of aromatic nitrogens is 3. The Labute approximate surface area is 129 Å². The second kappa shape index (κ2) is 7.81. The van der Waals surface area contributed by atoms with Crippen molar-refractivity contribution in [2.75, 3.05) is 19.6 Å². The van der Waals surface area contributed by atoms with Gasteiger partial charge in [-0.3, -0.25) is 0 Å². The molecule has 0 aromatic carbocycles. The Morgan fingerprint density at radius 1 is 1.30 bits per heavy atom. The van der Waals surface area contributed by atoms with Crippen LogP contribution in [0.2, 0.25) is 5.02 Å². The molecule has 2 heterocycles. The van der Waals surface area contributed by atoms with Gasteiger partial charge in [0, 0.05) is 38.8 Å². The van der Waals surface area contributed by atoms with Gasteiger partial charge in [-0.15, -0.1) is 11.6 Å². The molecule has 2 rings (SSSR count). The number of fused-ring (bicyclic) bond motifs is 1. The number of hydrogen-bond donors (Lipinski definition) is 0. The average Bonchev–Trinajstić information content (AvgIpc) is 2.76. The van der Waals surface area contributed by atoms with E-state index in [9.17, 15) is 0 Å². The largest absolute Gasteiger partial charge is 0.385 e. The van der Waals surface area contributed by atoms with Crippen molar-refractivity contribution in [2.24, 2.45) is 0 Å². The lowest BCUT2D eigenvalue weighted by molar-refractivity contribution is 0.191. The smallest absolute Gasteiger partial charge is 0.160 e. The number of hydrogen-bond acceptors (Lipinski definition) is 3. The molecule has 2 aromatic rings. The maximum atomic E-state index is 5.97. The summed E-state index contributed by atoms with van der Waals surface area (Å²) < 4.78 is 7.21. The summed E-state index contributed by atoms with van der Waals surface area (Å²) in [5.74, 6) is 1.54. The minimum atomic E-state index is 0.556. The average molecular weight is 316 g/mol. The van der Waals surface area contributed by atoms with Crippen molar-refractivity contribution in [3.8, 4) is 0 Å². The van der Waals surface area contributed by atoms with Gasteiger partial charge in [-0.05, 0) is 25.3 Å². The van der Waals surface area contributed by atoms with Gasteiger partial charge in [0.25, 0.3) is 0 Å². The predicted molar refractivity (Wildman–Crippen MR) is 82.7 cm³/mol. The normalized spacial score (nSPS) is 11.3. The summed E-state index contributed by atoms with van der Waals surface area (Å²) >= 11 is 11.8. The summed E-state index contributed by atoms with van der Waals surface area (Å²) in [6.07, 6.45) is 5.69.